The molecule has 0 aliphatic heterocycles. The summed E-state index contributed by atoms with van der Waals surface area (Å²) in [6.45, 7) is 5.73. The van der Waals surface area contributed by atoms with Gasteiger partial charge in [-0.25, -0.2) is 0 Å². The van der Waals surface area contributed by atoms with E-state index in [9.17, 15) is 4.79 Å². The molecule has 0 spiro atoms. The predicted octanol–water partition coefficient (Wildman–Crippen LogP) is 4.24. The first-order valence-electron chi connectivity index (χ1n) is 8.52. The van der Waals surface area contributed by atoms with E-state index in [2.05, 4.69) is 6.58 Å². The molecule has 0 aliphatic carbocycles. The van der Waals surface area contributed by atoms with Crippen molar-refractivity contribution in [2.45, 2.75) is 19.8 Å². The zero-order valence-corrected chi connectivity index (χ0v) is 15.3. The van der Waals surface area contributed by atoms with Crippen molar-refractivity contribution in [1.82, 2.24) is 0 Å². The van der Waals surface area contributed by atoms with E-state index < -0.39 is 5.97 Å². The van der Waals surface area contributed by atoms with Crippen molar-refractivity contribution in [2.75, 3.05) is 13.7 Å². The van der Waals surface area contributed by atoms with E-state index in [1.54, 1.807) is 7.11 Å². The molecule has 0 aromatic heterocycles. The highest BCUT2D eigenvalue weighted by Crippen LogP contribution is 2.33. The molecule has 2 N–H and O–H groups in total. The first-order chi connectivity index (χ1) is 12.5. The van der Waals surface area contributed by atoms with Gasteiger partial charge in [0.15, 0.2) is 0 Å². The summed E-state index contributed by atoms with van der Waals surface area (Å²) in [5.74, 6) is 0.683. The van der Waals surface area contributed by atoms with Gasteiger partial charge in [0, 0.05) is 5.56 Å². The molecule has 0 fully saturated rings. The number of hydrogen-bond donors (Lipinski definition) is 1. The predicted molar refractivity (Wildman–Crippen MR) is 106 cm³/mol. The van der Waals surface area contributed by atoms with Gasteiger partial charge in [-0.2, -0.15) is 0 Å². The number of carbonyl (C=O) groups excluding carboxylic acids is 1. The molecule has 26 heavy (non-hydrogen) atoms. The fraction of sp³-hybridized carbons (Fsp3) is 0.227. The van der Waals surface area contributed by atoms with Gasteiger partial charge in [0.2, 0.25) is 0 Å². The second-order valence-corrected chi connectivity index (χ2v) is 6.08. The van der Waals surface area contributed by atoms with Gasteiger partial charge < -0.3 is 15.2 Å². The molecule has 2 aromatic rings. The summed E-state index contributed by atoms with van der Waals surface area (Å²) in [6.07, 6.45) is 5.41. The van der Waals surface area contributed by atoms with Crippen LogP contribution in [-0.4, -0.2) is 19.6 Å². The maximum Gasteiger partial charge on any atom is 0.325 e. The Balaban J connectivity index is 2.40. The number of allylic oxidation sites excluding steroid dienone is 1. The third kappa shape index (κ3) is 5.60. The number of carbonyl (C=O) groups is 1. The van der Waals surface area contributed by atoms with Crippen LogP contribution in [0.4, 0.5) is 0 Å². The van der Waals surface area contributed by atoms with E-state index in [1.165, 1.54) is 0 Å². The molecule has 2 aromatic carbocycles. The Morgan fingerprint density at radius 2 is 1.77 bits per heavy atom. The molecular formula is C22H25NO3. The van der Waals surface area contributed by atoms with Gasteiger partial charge in [-0.1, -0.05) is 48.1 Å². The SMILES string of the molecule is C=C(C)CCc1c(OC)cc(/C=C/c2ccccc2)cc1OC(=O)CN. The summed E-state index contributed by atoms with van der Waals surface area (Å²) in [4.78, 5) is 11.7. The normalized spacial score (nSPS) is 10.7. The highest BCUT2D eigenvalue weighted by atomic mass is 16.5. The van der Waals surface area contributed by atoms with Crippen molar-refractivity contribution in [2.24, 2.45) is 5.73 Å². The van der Waals surface area contributed by atoms with Gasteiger partial charge in [0.1, 0.15) is 11.5 Å². The lowest BCUT2D eigenvalue weighted by molar-refractivity contribution is -0.132. The van der Waals surface area contributed by atoms with Crippen LogP contribution in [0.25, 0.3) is 12.2 Å². The zero-order valence-electron chi connectivity index (χ0n) is 15.3. The van der Waals surface area contributed by atoms with Gasteiger partial charge in [-0.05, 0) is 43.0 Å². The monoisotopic (exact) mass is 351 g/mol. The molecule has 2 rings (SSSR count). The van der Waals surface area contributed by atoms with Crippen molar-refractivity contribution >= 4 is 18.1 Å². The van der Waals surface area contributed by atoms with E-state index in [0.29, 0.717) is 17.9 Å². The minimum atomic E-state index is -0.479. The molecule has 0 unspecified atom stereocenters. The van der Waals surface area contributed by atoms with Crippen LogP contribution < -0.4 is 15.2 Å². The van der Waals surface area contributed by atoms with Crippen LogP contribution in [0.5, 0.6) is 11.5 Å². The van der Waals surface area contributed by atoms with Crippen LogP contribution in [0.15, 0.2) is 54.6 Å². The van der Waals surface area contributed by atoms with E-state index in [-0.39, 0.29) is 6.54 Å². The quantitative estimate of drug-likeness (QED) is 0.334. The molecule has 4 nitrogen and oxygen atoms in total. The Kier molecular flexibility index (Phi) is 7.18. The Labute approximate surface area is 154 Å². The lowest BCUT2D eigenvalue weighted by atomic mass is 10.0. The summed E-state index contributed by atoms with van der Waals surface area (Å²) in [6, 6.07) is 13.7. The second kappa shape index (κ2) is 9.59. The lowest BCUT2D eigenvalue weighted by Gasteiger charge is -2.15. The smallest absolute Gasteiger partial charge is 0.325 e. The zero-order chi connectivity index (χ0) is 18.9. The van der Waals surface area contributed by atoms with Gasteiger partial charge in [-0.15, -0.1) is 6.58 Å². The fourth-order valence-electron chi connectivity index (χ4n) is 2.52. The van der Waals surface area contributed by atoms with E-state index in [1.807, 2.05) is 61.5 Å². The fourth-order valence-corrected chi connectivity index (χ4v) is 2.52. The molecule has 0 saturated carbocycles. The van der Waals surface area contributed by atoms with E-state index >= 15 is 0 Å². The van der Waals surface area contributed by atoms with Gasteiger partial charge >= 0.3 is 5.97 Å². The highest BCUT2D eigenvalue weighted by Gasteiger charge is 2.15. The number of benzene rings is 2. The van der Waals surface area contributed by atoms with Crippen LogP contribution in [-0.2, 0) is 11.2 Å². The molecule has 0 heterocycles. The van der Waals surface area contributed by atoms with Gasteiger partial charge in [-0.3, -0.25) is 4.79 Å². The number of hydrogen-bond acceptors (Lipinski definition) is 4. The molecule has 0 bridgehead atoms. The van der Waals surface area contributed by atoms with Crippen molar-refractivity contribution in [3.05, 3.63) is 71.3 Å². The molecule has 0 amide bonds. The second-order valence-electron chi connectivity index (χ2n) is 6.08. The molecular weight excluding hydrogens is 326 g/mol. The van der Waals surface area contributed by atoms with Gasteiger partial charge in [0.05, 0.1) is 13.7 Å². The number of nitrogens with two attached hydrogens (primary N) is 1. The largest absolute Gasteiger partial charge is 0.496 e. The first kappa shape index (κ1) is 19.5. The Morgan fingerprint density at radius 1 is 1.12 bits per heavy atom. The third-order valence-electron chi connectivity index (χ3n) is 3.87. The van der Waals surface area contributed by atoms with Crippen LogP contribution >= 0.6 is 0 Å². The highest BCUT2D eigenvalue weighted by molar-refractivity contribution is 5.77. The number of ether oxygens (including phenoxy) is 2. The maximum absolute atomic E-state index is 11.7. The summed E-state index contributed by atoms with van der Waals surface area (Å²) in [7, 11) is 1.61. The van der Waals surface area contributed by atoms with Crippen molar-refractivity contribution < 1.29 is 14.3 Å². The third-order valence-corrected chi connectivity index (χ3v) is 3.87. The number of rotatable bonds is 8. The molecule has 0 saturated heterocycles. The standard InChI is InChI=1S/C22H25NO3/c1-16(2)9-12-19-20(25-3)13-18(14-21(19)26-22(24)15-23)11-10-17-7-5-4-6-8-17/h4-8,10-11,13-14H,1,9,12,15,23H2,2-3H3/b11-10+. The topological polar surface area (TPSA) is 61.5 Å². The van der Waals surface area contributed by atoms with Crippen LogP contribution in [0.3, 0.4) is 0 Å². The summed E-state index contributed by atoms with van der Waals surface area (Å²) in [5.41, 5.74) is 9.26. The number of methoxy groups -OCH3 is 1. The summed E-state index contributed by atoms with van der Waals surface area (Å²) in [5, 5.41) is 0. The average Bonchev–Trinajstić information content (AvgIpc) is 2.65. The lowest BCUT2D eigenvalue weighted by Crippen LogP contribution is -2.20. The van der Waals surface area contributed by atoms with Gasteiger partial charge in [0.25, 0.3) is 0 Å². The Morgan fingerprint density at radius 3 is 2.38 bits per heavy atom. The van der Waals surface area contributed by atoms with Crippen molar-refractivity contribution in [1.29, 1.82) is 0 Å². The van der Waals surface area contributed by atoms with E-state index in [0.717, 1.165) is 28.7 Å². The van der Waals surface area contributed by atoms with Crippen LogP contribution in [0.1, 0.15) is 30.0 Å². The molecule has 0 atom stereocenters. The first-order valence-corrected chi connectivity index (χ1v) is 8.52. The minimum Gasteiger partial charge on any atom is -0.496 e. The summed E-state index contributed by atoms with van der Waals surface area (Å²) >= 11 is 0. The molecule has 0 radical (unpaired) electrons. The molecule has 4 heteroatoms. The Bertz CT molecular complexity index is 795. The molecule has 0 aliphatic rings. The average molecular weight is 351 g/mol. The van der Waals surface area contributed by atoms with Crippen molar-refractivity contribution in [3.63, 3.8) is 0 Å². The Hall–Kier alpha value is -2.85. The van der Waals surface area contributed by atoms with Crippen LogP contribution in [0, 0.1) is 0 Å². The summed E-state index contributed by atoms with van der Waals surface area (Å²) < 4.78 is 11.0. The number of esters is 1. The van der Waals surface area contributed by atoms with E-state index in [4.69, 9.17) is 15.2 Å². The minimum absolute atomic E-state index is 0.174. The van der Waals surface area contributed by atoms with Crippen molar-refractivity contribution in [3.8, 4) is 11.5 Å². The molecule has 136 valence electrons. The van der Waals surface area contributed by atoms with Crippen LogP contribution in [0.2, 0.25) is 0 Å². The maximum atomic E-state index is 11.7.